The molecule has 0 aliphatic carbocycles. The first-order valence-corrected chi connectivity index (χ1v) is 5.87. The predicted octanol–water partition coefficient (Wildman–Crippen LogP) is 2.53. The molecule has 1 heterocycles. The van der Waals surface area contributed by atoms with Gasteiger partial charge in [-0.1, -0.05) is 12.1 Å². The highest BCUT2D eigenvalue weighted by molar-refractivity contribution is 5.37. The molecule has 0 saturated heterocycles. The number of hydrogen-bond acceptors (Lipinski definition) is 3. The average molecular weight is 263 g/mol. The minimum absolute atomic E-state index is 0.168. The van der Waals surface area contributed by atoms with Gasteiger partial charge in [0.2, 0.25) is 0 Å². The van der Waals surface area contributed by atoms with Gasteiger partial charge in [0.1, 0.15) is 0 Å². The van der Waals surface area contributed by atoms with E-state index in [4.69, 9.17) is 5.84 Å². The lowest BCUT2D eigenvalue weighted by molar-refractivity contribution is 0.478. The second-order valence-corrected chi connectivity index (χ2v) is 4.43. The third kappa shape index (κ3) is 2.47. The number of hydrazine groups is 1. The van der Waals surface area contributed by atoms with Gasteiger partial charge in [0.05, 0.1) is 6.04 Å². The van der Waals surface area contributed by atoms with Crippen molar-refractivity contribution < 1.29 is 8.78 Å². The predicted molar refractivity (Wildman–Crippen MR) is 69.2 cm³/mol. The standard InChI is InChI=1S/C14H15F2N3/c1-8-5-6-18-7-11(8)14(19-17)10-4-3-9(2)12(15)13(10)16/h3-7,14,19H,17H2,1-2H3. The Morgan fingerprint density at radius 1 is 1.05 bits per heavy atom. The minimum Gasteiger partial charge on any atom is -0.271 e. The van der Waals surface area contributed by atoms with Gasteiger partial charge in [-0.25, -0.2) is 14.2 Å². The zero-order valence-electron chi connectivity index (χ0n) is 10.7. The Kier molecular flexibility index (Phi) is 3.87. The Morgan fingerprint density at radius 2 is 1.79 bits per heavy atom. The molecule has 100 valence electrons. The maximum Gasteiger partial charge on any atom is 0.164 e. The van der Waals surface area contributed by atoms with Crippen LogP contribution in [0.5, 0.6) is 0 Å². The van der Waals surface area contributed by atoms with Crippen LogP contribution in [0.2, 0.25) is 0 Å². The van der Waals surface area contributed by atoms with Crippen LogP contribution < -0.4 is 11.3 Å². The van der Waals surface area contributed by atoms with E-state index in [-0.39, 0.29) is 11.1 Å². The number of nitrogens with one attached hydrogen (secondary N) is 1. The topological polar surface area (TPSA) is 50.9 Å². The summed E-state index contributed by atoms with van der Waals surface area (Å²) in [6, 6.07) is 4.22. The summed E-state index contributed by atoms with van der Waals surface area (Å²) in [6.07, 6.45) is 3.23. The molecule has 0 saturated carbocycles. The SMILES string of the molecule is Cc1ccncc1C(NN)c1ccc(C)c(F)c1F. The number of pyridine rings is 1. The van der Waals surface area contributed by atoms with Gasteiger partial charge in [-0.15, -0.1) is 0 Å². The summed E-state index contributed by atoms with van der Waals surface area (Å²) in [5.74, 6) is 3.76. The number of nitrogens with two attached hydrogens (primary N) is 1. The summed E-state index contributed by atoms with van der Waals surface area (Å²) < 4.78 is 27.7. The molecule has 19 heavy (non-hydrogen) atoms. The van der Waals surface area contributed by atoms with Crippen molar-refractivity contribution in [3.63, 3.8) is 0 Å². The number of aryl methyl sites for hydroxylation is 2. The molecule has 0 amide bonds. The molecule has 1 atom stereocenters. The molecule has 0 aliphatic heterocycles. The van der Waals surface area contributed by atoms with Crippen LogP contribution in [-0.2, 0) is 0 Å². The summed E-state index contributed by atoms with van der Waals surface area (Å²) in [4.78, 5) is 4.00. The normalized spacial score (nSPS) is 12.5. The average Bonchev–Trinajstić information content (AvgIpc) is 2.41. The van der Waals surface area contributed by atoms with E-state index in [1.807, 2.05) is 6.92 Å². The Morgan fingerprint density at radius 3 is 2.42 bits per heavy atom. The zero-order chi connectivity index (χ0) is 14.0. The quantitative estimate of drug-likeness (QED) is 0.661. The first-order chi connectivity index (χ1) is 9.06. The largest absolute Gasteiger partial charge is 0.271 e. The molecule has 1 unspecified atom stereocenters. The number of aromatic nitrogens is 1. The molecule has 0 fully saturated rings. The number of nitrogens with zero attached hydrogens (tertiary/aromatic N) is 1. The summed E-state index contributed by atoms with van der Waals surface area (Å²) in [7, 11) is 0. The molecule has 1 aromatic heterocycles. The zero-order valence-corrected chi connectivity index (χ0v) is 10.7. The van der Waals surface area contributed by atoms with Gasteiger partial charge in [-0.05, 0) is 36.6 Å². The summed E-state index contributed by atoms with van der Waals surface area (Å²) in [5, 5.41) is 0. The van der Waals surface area contributed by atoms with E-state index in [1.54, 1.807) is 18.5 Å². The van der Waals surface area contributed by atoms with Crippen molar-refractivity contribution in [1.29, 1.82) is 0 Å². The fourth-order valence-electron chi connectivity index (χ4n) is 2.01. The van der Waals surface area contributed by atoms with Crippen LogP contribution in [0.1, 0.15) is 28.3 Å². The van der Waals surface area contributed by atoms with Crippen LogP contribution in [0, 0.1) is 25.5 Å². The Bertz CT molecular complexity index is 599. The fourth-order valence-corrected chi connectivity index (χ4v) is 2.01. The van der Waals surface area contributed by atoms with E-state index in [0.717, 1.165) is 5.56 Å². The molecule has 0 bridgehead atoms. The van der Waals surface area contributed by atoms with E-state index in [1.165, 1.54) is 19.1 Å². The molecule has 1 aromatic carbocycles. The molecule has 2 aromatic rings. The van der Waals surface area contributed by atoms with E-state index in [2.05, 4.69) is 10.4 Å². The molecule has 0 aliphatic rings. The molecule has 3 N–H and O–H groups in total. The van der Waals surface area contributed by atoms with Gasteiger partial charge >= 0.3 is 0 Å². The van der Waals surface area contributed by atoms with Crippen molar-refractivity contribution in [2.45, 2.75) is 19.9 Å². The van der Waals surface area contributed by atoms with Crippen LogP contribution in [-0.4, -0.2) is 4.98 Å². The van der Waals surface area contributed by atoms with Gasteiger partial charge in [-0.2, -0.15) is 0 Å². The lowest BCUT2D eigenvalue weighted by Crippen LogP contribution is -2.30. The van der Waals surface area contributed by atoms with E-state index in [0.29, 0.717) is 5.56 Å². The smallest absolute Gasteiger partial charge is 0.164 e. The molecule has 0 radical (unpaired) electrons. The van der Waals surface area contributed by atoms with Gasteiger partial charge in [-0.3, -0.25) is 10.8 Å². The first kappa shape index (κ1) is 13.6. The van der Waals surface area contributed by atoms with Crippen LogP contribution in [0.4, 0.5) is 8.78 Å². The van der Waals surface area contributed by atoms with Crippen molar-refractivity contribution in [3.8, 4) is 0 Å². The van der Waals surface area contributed by atoms with E-state index < -0.39 is 17.7 Å². The summed E-state index contributed by atoms with van der Waals surface area (Å²) in [5.41, 5.74) is 4.56. The number of rotatable bonds is 3. The summed E-state index contributed by atoms with van der Waals surface area (Å²) in [6.45, 7) is 3.38. The highest BCUT2D eigenvalue weighted by Gasteiger charge is 2.21. The molecular formula is C14H15F2N3. The lowest BCUT2D eigenvalue weighted by Gasteiger charge is -2.19. The fraction of sp³-hybridized carbons (Fsp3) is 0.214. The third-order valence-electron chi connectivity index (χ3n) is 3.17. The molecule has 3 nitrogen and oxygen atoms in total. The number of hydrogen-bond donors (Lipinski definition) is 2. The molecular weight excluding hydrogens is 248 g/mol. The summed E-state index contributed by atoms with van der Waals surface area (Å²) >= 11 is 0. The minimum atomic E-state index is -0.883. The van der Waals surface area contributed by atoms with E-state index in [9.17, 15) is 8.78 Å². The molecule has 2 rings (SSSR count). The van der Waals surface area contributed by atoms with Crippen molar-refractivity contribution in [2.75, 3.05) is 0 Å². The van der Waals surface area contributed by atoms with Gasteiger partial charge in [0, 0.05) is 18.0 Å². The Labute approximate surface area is 110 Å². The Balaban J connectivity index is 2.55. The van der Waals surface area contributed by atoms with E-state index >= 15 is 0 Å². The van der Waals surface area contributed by atoms with Crippen LogP contribution >= 0.6 is 0 Å². The van der Waals surface area contributed by atoms with Crippen molar-refractivity contribution in [2.24, 2.45) is 5.84 Å². The van der Waals surface area contributed by atoms with Crippen molar-refractivity contribution in [1.82, 2.24) is 10.4 Å². The second kappa shape index (κ2) is 5.42. The molecule has 5 heteroatoms. The van der Waals surface area contributed by atoms with Gasteiger partial charge in [0.25, 0.3) is 0 Å². The maximum absolute atomic E-state index is 14.0. The molecule has 0 spiro atoms. The second-order valence-electron chi connectivity index (χ2n) is 4.43. The Hall–Kier alpha value is -1.85. The van der Waals surface area contributed by atoms with Crippen LogP contribution in [0.15, 0.2) is 30.6 Å². The highest BCUT2D eigenvalue weighted by Crippen LogP contribution is 2.27. The van der Waals surface area contributed by atoms with Crippen molar-refractivity contribution >= 4 is 0 Å². The van der Waals surface area contributed by atoms with Gasteiger partial charge in [0.15, 0.2) is 11.6 Å². The lowest BCUT2D eigenvalue weighted by atomic mass is 9.96. The van der Waals surface area contributed by atoms with Gasteiger partial charge < -0.3 is 0 Å². The van der Waals surface area contributed by atoms with Crippen molar-refractivity contribution in [3.05, 3.63) is 64.5 Å². The maximum atomic E-state index is 14.0. The van der Waals surface area contributed by atoms with Crippen LogP contribution in [0.3, 0.4) is 0 Å². The third-order valence-corrected chi connectivity index (χ3v) is 3.17. The highest BCUT2D eigenvalue weighted by atomic mass is 19.2. The number of benzene rings is 1. The van der Waals surface area contributed by atoms with Crippen LogP contribution in [0.25, 0.3) is 0 Å². The number of halogens is 2. The monoisotopic (exact) mass is 263 g/mol. The first-order valence-electron chi connectivity index (χ1n) is 5.87.